The van der Waals surface area contributed by atoms with Crippen LogP contribution >= 0.6 is 11.8 Å². The van der Waals surface area contributed by atoms with Gasteiger partial charge in [-0.2, -0.15) is 0 Å². The van der Waals surface area contributed by atoms with Gasteiger partial charge in [-0.1, -0.05) is 17.8 Å². The van der Waals surface area contributed by atoms with E-state index < -0.39 is 0 Å². The Bertz CT molecular complexity index is 787. The summed E-state index contributed by atoms with van der Waals surface area (Å²) in [7, 11) is 1.63. The zero-order valence-electron chi connectivity index (χ0n) is 15.6. The lowest BCUT2D eigenvalue weighted by molar-refractivity contribution is -0.118. The molecule has 1 aliphatic carbocycles. The maximum atomic E-state index is 11.9. The van der Waals surface area contributed by atoms with Crippen molar-refractivity contribution in [1.82, 2.24) is 20.1 Å². The molecule has 0 radical (unpaired) electrons. The number of nitrogens with one attached hydrogen (secondary N) is 1. The van der Waals surface area contributed by atoms with Gasteiger partial charge in [-0.15, -0.1) is 16.8 Å². The minimum Gasteiger partial charge on any atom is -0.497 e. The first-order chi connectivity index (χ1) is 13.1. The molecule has 7 nitrogen and oxygen atoms in total. The molecule has 8 heteroatoms. The van der Waals surface area contributed by atoms with Crippen LogP contribution < -0.4 is 14.8 Å². The number of benzene rings is 1. The Morgan fingerprint density at radius 3 is 2.70 bits per heavy atom. The predicted octanol–water partition coefficient (Wildman–Crippen LogP) is 2.98. The maximum Gasteiger partial charge on any atom is 0.230 e. The second-order valence-electron chi connectivity index (χ2n) is 6.31. The van der Waals surface area contributed by atoms with Crippen LogP contribution in [-0.4, -0.2) is 39.6 Å². The molecule has 0 spiro atoms. The van der Waals surface area contributed by atoms with Crippen LogP contribution in [0.2, 0.25) is 0 Å². The number of amides is 1. The molecule has 1 N–H and O–H groups in total. The smallest absolute Gasteiger partial charge is 0.230 e. The largest absolute Gasteiger partial charge is 0.497 e. The van der Waals surface area contributed by atoms with Gasteiger partial charge in [-0.3, -0.25) is 9.36 Å². The number of rotatable bonds is 10. The number of allylic oxidation sites excluding steroid dienone is 1. The van der Waals surface area contributed by atoms with E-state index in [1.807, 2.05) is 35.8 Å². The van der Waals surface area contributed by atoms with E-state index in [4.69, 9.17) is 9.47 Å². The van der Waals surface area contributed by atoms with Gasteiger partial charge in [0, 0.05) is 12.6 Å². The molecule has 0 aliphatic heterocycles. The summed E-state index contributed by atoms with van der Waals surface area (Å²) in [6.07, 6.45) is 3.63. The minimum atomic E-state index is -0.305. The highest BCUT2D eigenvalue weighted by molar-refractivity contribution is 7.99. The van der Waals surface area contributed by atoms with Crippen LogP contribution in [0, 0.1) is 0 Å². The average Bonchev–Trinajstić information content (AvgIpc) is 3.39. The fourth-order valence-corrected chi connectivity index (χ4v) is 3.31. The molecular formula is C19H24N4O3S. The molecule has 1 fully saturated rings. The summed E-state index contributed by atoms with van der Waals surface area (Å²) in [5, 5.41) is 12.2. The van der Waals surface area contributed by atoms with Gasteiger partial charge in [-0.05, 0) is 44.0 Å². The van der Waals surface area contributed by atoms with E-state index in [2.05, 4.69) is 22.1 Å². The number of methoxy groups -OCH3 is 1. The SMILES string of the molecule is C=CCn1c(SCC(=O)NC2CC2)nnc1C(C)Oc1ccc(OC)cc1. The summed E-state index contributed by atoms with van der Waals surface area (Å²) in [5.74, 6) is 2.53. The van der Waals surface area contributed by atoms with E-state index in [-0.39, 0.29) is 12.0 Å². The van der Waals surface area contributed by atoms with Gasteiger partial charge in [0.25, 0.3) is 0 Å². The van der Waals surface area contributed by atoms with Crippen molar-refractivity contribution in [3.05, 3.63) is 42.7 Å². The number of thioether (sulfide) groups is 1. The van der Waals surface area contributed by atoms with Crippen molar-refractivity contribution in [2.24, 2.45) is 0 Å². The first-order valence-electron chi connectivity index (χ1n) is 8.87. The second kappa shape index (κ2) is 8.94. The predicted molar refractivity (Wildman–Crippen MR) is 104 cm³/mol. The lowest BCUT2D eigenvalue weighted by Crippen LogP contribution is -2.27. The first-order valence-corrected chi connectivity index (χ1v) is 9.86. The minimum absolute atomic E-state index is 0.0275. The van der Waals surface area contributed by atoms with Gasteiger partial charge in [0.1, 0.15) is 11.5 Å². The van der Waals surface area contributed by atoms with Gasteiger partial charge in [0.05, 0.1) is 12.9 Å². The number of nitrogens with zero attached hydrogens (tertiary/aromatic N) is 3. The fraction of sp³-hybridized carbons (Fsp3) is 0.421. The highest BCUT2D eigenvalue weighted by Gasteiger charge is 2.24. The summed E-state index contributed by atoms with van der Waals surface area (Å²) in [6, 6.07) is 7.74. The Balaban J connectivity index is 1.66. The third kappa shape index (κ3) is 5.26. The van der Waals surface area contributed by atoms with Crippen molar-refractivity contribution in [3.8, 4) is 11.5 Å². The molecule has 1 unspecified atom stereocenters. The van der Waals surface area contributed by atoms with Gasteiger partial charge in [0.2, 0.25) is 5.91 Å². The van der Waals surface area contributed by atoms with E-state index in [1.54, 1.807) is 13.2 Å². The first kappa shape index (κ1) is 19.3. The molecule has 0 saturated heterocycles. The second-order valence-corrected chi connectivity index (χ2v) is 7.25. The highest BCUT2D eigenvalue weighted by atomic mass is 32.2. The summed E-state index contributed by atoms with van der Waals surface area (Å²) in [4.78, 5) is 11.9. The van der Waals surface area contributed by atoms with Crippen LogP contribution in [0.1, 0.15) is 31.7 Å². The monoisotopic (exact) mass is 388 g/mol. The number of hydrogen-bond acceptors (Lipinski definition) is 6. The summed E-state index contributed by atoms with van der Waals surface area (Å²) < 4.78 is 13.1. The topological polar surface area (TPSA) is 78.3 Å². The molecule has 0 bridgehead atoms. The number of carbonyl (C=O) groups excluding carboxylic acids is 1. The van der Waals surface area contributed by atoms with E-state index >= 15 is 0 Å². The van der Waals surface area contributed by atoms with Crippen molar-refractivity contribution >= 4 is 17.7 Å². The molecule has 3 rings (SSSR count). The Morgan fingerprint density at radius 2 is 2.07 bits per heavy atom. The van der Waals surface area contributed by atoms with Crippen LogP contribution in [0.5, 0.6) is 11.5 Å². The number of hydrogen-bond donors (Lipinski definition) is 1. The molecule has 1 aliphatic rings. The molecular weight excluding hydrogens is 364 g/mol. The van der Waals surface area contributed by atoms with Crippen LogP contribution in [0.25, 0.3) is 0 Å². The Labute approximate surface area is 163 Å². The van der Waals surface area contributed by atoms with Gasteiger partial charge >= 0.3 is 0 Å². The van der Waals surface area contributed by atoms with E-state index in [0.717, 1.165) is 24.3 Å². The fourth-order valence-electron chi connectivity index (χ4n) is 2.55. The Hall–Kier alpha value is -2.48. The molecule has 1 aromatic carbocycles. The van der Waals surface area contributed by atoms with Crippen LogP contribution in [-0.2, 0) is 11.3 Å². The molecule has 1 aromatic heterocycles. The Morgan fingerprint density at radius 1 is 1.37 bits per heavy atom. The van der Waals surface area contributed by atoms with Crippen molar-refractivity contribution in [2.75, 3.05) is 12.9 Å². The standard InChI is InChI=1S/C19H24N4O3S/c1-4-11-23-18(13(2)26-16-9-7-15(25-3)8-10-16)21-22-19(23)27-12-17(24)20-14-5-6-14/h4,7-10,13-14H,1,5-6,11-12H2,2-3H3,(H,20,24). The van der Waals surface area contributed by atoms with E-state index in [9.17, 15) is 4.79 Å². The van der Waals surface area contributed by atoms with E-state index in [1.165, 1.54) is 11.8 Å². The number of ether oxygens (including phenoxy) is 2. The summed E-state index contributed by atoms with van der Waals surface area (Å²) >= 11 is 1.37. The average molecular weight is 388 g/mol. The third-order valence-electron chi connectivity index (χ3n) is 4.07. The van der Waals surface area contributed by atoms with Gasteiger partial charge in [-0.25, -0.2) is 0 Å². The van der Waals surface area contributed by atoms with Crippen molar-refractivity contribution < 1.29 is 14.3 Å². The molecule has 1 amide bonds. The van der Waals surface area contributed by atoms with Gasteiger partial charge in [0.15, 0.2) is 17.1 Å². The lowest BCUT2D eigenvalue weighted by atomic mass is 10.3. The maximum absolute atomic E-state index is 11.9. The highest BCUT2D eigenvalue weighted by Crippen LogP contribution is 2.26. The number of aromatic nitrogens is 3. The van der Waals surface area contributed by atoms with Crippen LogP contribution in [0.3, 0.4) is 0 Å². The Kier molecular flexibility index (Phi) is 6.39. The molecule has 1 saturated carbocycles. The lowest BCUT2D eigenvalue weighted by Gasteiger charge is -2.16. The van der Waals surface area contributed by atoms with Crippen molar-refractivity contribution in [2.45, 2.75) is 43.6 Å². The quantitative estimate of drug-likeness (QED) is 0.498. The molecule has 144 valence electrons. The summed E-state index contributed by atoms with van der Waals surface area (Å²) in [6.45, 7) is 6.27. The van der Waals surface area contributed by atoms with Crippen LogP contribution in [0.15, 0.2) is 42.1 Å². The normalized spacial score (nSPS) is 14.4. The molecule has 1 heterocycles. The van der Waals surface area contributed by atoms with Gasteiger partial charge < -0.3 is 14.8 Å². The van der Waals surface area contributed by atoms with Crippen LogP contribution in [0.4, 0.5) is 0 Å². The van der Waals surface area contributed by atoms with Crippen molar-refractivity contribution in [1.29, 1.82) is 0 Å². The van der Waals surface area contributed by atoms with Crippen molar-refractivity contribution in [3.63, 3.8) is 0 Å². The number of carbonyl (C=O) groups is 1. The molecule has 2 aromatic rings. The molecule has 1 atom stereocenters. The zero-order valence-corrected chi connectivity index (χ0v) is 16.4. The third-order valence-corrected chi connectivity index (χ3v) is 5.03. The van der Waals surface area contributed by atoms with E-state index in [0.29, 0.717) is 29.3 Å². The zero-order chi connectivity index (χ0) is 19.2. The molecule has 27 heavy (non-hydrogen) atoms. The summed E-state index contributed by atoms with van der Waals surface area (Å²) in [5.41, 5.74) is 0.